The van der Waals surface area contributed by atoms with Crippen LogP contribution in [0.4, 0.5) is 5.82 Å². The maximum Gasteiger partial charge on any atom is 0.256 e. The van der Waals surface area contributed by atoms with Gasteiger partial charge in [0.15, 0.2) is 6.29 Å². The summed E-state index contributed by atoms with van der Waals surface area (Å²) in [6, 6.07) is 10.4. The summed E-state index contributed by atoms with van der Waals surface area (Å²) in [7, 11) is 0. The Morgan fingerprint density at radius 3 is 2.62 bits per heavy atom. The Morgan fingerprint density at radius 2 is 2.00 bits per heavy atom. The van der Waals surface area contributed by atoms with Crippen LogP contribution in [-0.2, 0) is 0 Å². The van der Waals surface area contributed by atoms with E-state index < -0.39 is 0 Å². The molecule has 0 fully saturated rings. The molecular weight excluding hydrogens is 204 g/mol. The van der Waals surface area contributed by atoms with Crippen molar-refractivity contribution < 1.29 is 9.59 Å². The third kappa shape index (κ3) is 2.17. The number of H-pyrrole nitrogens is 1. The third-order valence-electron chi connectivity index (χ3n) is 2.13. The Labute approximate surface area is 92.3 Å². The number of aromatic amines is 1. The zero-order valence-electron chi connectivity index (χ0n) is 8.44. The van der Waals surface area contributed by atoms with Crippen molar-refractivity contribution in [2.75, 3.05) is 5.32 Å². The van der Waals surface area contributed by atoms with E-state index in [1.54, 1.807) is 30.3 Å². The number of hydrogen-bond donors (Lipinski definition) is 2. The van der Waals surface area contributed by atoms with Crippen molar-refractivity contribution in [2.45, 2.75) is 0 Å². The summed E-state index contributed by atoms with van der Waals surface area (Å²) in [4.78, 5) is 24.9. The zero-order valence-corrected chi connectivity index (χ0v) is 8.44. The first-order chi connectivity index (χ1) is 7.79. The molecule has 16 heavy (non-hydrogen) atoms. The Morgan fingerprint density at radius 1 is 1.25 bits per heavy atom. The number of amides is 1. The van der Waals surface area contributed by atoms with Crippen molar-refractivity contribution in [1.29, 1.82) is 0 Å². The number of aldehydes is 1. The fraction of sp³-hybridized carbons (Fsp3) is 0. The summed E-state index contributed by atoms with van der Waals surface area (Å²) in [5.41, 5.74) is 1.08. The Hall–Kier alpha value is -2.36. The molecule has 0 aliphatic heterocycles. The van der Waals surface area contributed by atoms with Gasteiger partial charge in [-0.1, -0.05) is 18.2 Å². The maximum absolute atomic E-state index is 11.7. The van der Waals surface area contributed by atoms with E-state index in [2.05, 4.69) is 10.3 Å². The molecule has 80 valence electrons. The van der Waals surface area contributed by atoms with Gasteiger partial charge in [0.25, 0.3) is 5.91 Å². The smallest absolute Gasteiger partial charge is 0.256 e. The first kappa shape index (κ1) is 10.2. The van der Waals surface area contributed by atoms with Crippen LogP contribution in [0.5, 0.6) is 0 Å². The Kier molecular flexibility index (Phi) is 2.82. The van der Waals surface area contributed by atoms with Crippen molar-refractivity contribution in [1.82, 2.24) is 4.98 Å². The van der Waals surface area contributed by atoms with Crippen LogP contribution >= 0.6 is 0 Å². The van der Waals surface area contributed by atoms with E-state index in [4.69, 9.17) is 0 Å². The molecule has 0 saturated carbocycles. The molecule has 0 aliphatic carbocycles. The molecule has 2 rings (SSSR count). The van der Waals surface area contributed by atoms with Crippen molar-refractivity contribution in [3.8, 4) is 0 Å². The Balaban J connectivity index is 2.11. The minimum Gasteiger partial charge on any atom is -0.347 e. The number of hydrogen-bond acceptors (Lipinski definition) is 2. The summed E-state index contributed by atoms with van der Waals surface area (Å²) in [6.45, 7) is 0. The Bertz CT molecular complexity index is 503. The number of anilines is 1. The lowest BCUT2D eigenvalue weighted by Gasteiger charge is -2.01. The minimum absolute atomic E-state index is 0.208. The molecule has 1 aromatic heterocycles. The molecule has 0 spiro atoms. The van der Waals surface area contributed by atoms with Crippen LogP contribution in [0, 0.1) is 0 Å². The van der Waals surface area contributed by atoms with Gasteiger partial charge in [-0.3, -0.25) is 9.59 Å². The standard InChI is InChI=1S/C12H10N2O2/c15-8-9-6-11(13-7-9)14-12(16)10-4-2-1-3-5-10/h1-8,13H,(H,14,16). The molecule has 0 bridgehead atoms. The van der Waals surface area contributed by atoms with Crippen molar-refractivity contribution in [3.05, 3.63) is 53.7 Å². The summed E-state index contributed by atoms with van der Waals surface area (Å²) in [5, 5.41) is 2.66. The number of benzene rings is 1. The van der Waals surface area contributed by atoms with Crippen LogP contribution in [0.2, 0.25) is 0 Å². The quantitative estimate of drug-likeness (QED) is 0.768. The van der Waals surface area contributed by atoms with Gasteiger partial charge < -0.3 is 10.3 Å². The summed E-state index contributed by atoms with van der Waals surface area (Å²) in [5.74, 6) is 0.302. The monoisotopic (exact) mass is 214 g/mol. The maximum atomic E-state index is 11.7. The molecule has 2 N–H and O–H groups in total. The van der Waals surface area contributed by atoms with E-state index in [1.807, 2.05) is 6.07 Å². The summed E-state index contributed by atoms with van der Waals surface area (Å²) >= 11 is 0. The van der Waals surface area contributed by atoms with Gasteiger partial charge in [0.2, 0.25) is 0 Å². The van der Waals surface area contributed by atoms with Crippen LogP contribution in [0.1, 0.15) is 20.7 Å². The van der Waals surface area contributed by atoms with Crippen LogP contribution in [-0.4, -0.2) is 17.2 Å². The molecule has 0 aliphatic rings. The first-order valence-corrected chi connectivity index (χ1v) is 4.79. The van der Waals surface area contributed by atoms with Gasteiger partial charge in [-0.05, 0) is 18.2 Å². The van der Waals surface area contributed by atoms with E-state index in [1.165, 1.54) is 6.20 Å². The van der Waals surface area contributed by atoms with Gasteiger partial charge >= 0.3 is 0 Å². The molecule has 4 nitrogen and oxygen atoms in total. The number of aromatic nitrogens is 1. The van der Waals surface area contributed by atoms with E-state index >= 15 is 0 Å². The molecule has 2 aromatic rings. The predicted molar refractivity (Wildman–Crippen MR) is 60.6 cm³/mol. The second-order valence-corrected chi connectivity index (χ2v) is 3.28. The number of carbonyl (C=O) groups is 2. The van der Waals surface area contributed by atoms with E-state index in [0.29, 0.717) is 23.2 Å². The number of rotatable bonds is 3. The molecule has 4 heteroatoms. The first-order valence-electron chi connectivity index (χ1n) is 4.79. The lowest BCUT2D eigenvalue weighted by molar-refractivity contribution is 0.102. The van der Waals surface area contributed by atoms with E-state index in [0.717, 1.165) is 0 Å². The van der Waals surface area contributed by atoms with Crippen LogP contribution < -0.4 is 5.32 Å². The number of nitrogens with one attached hydrogen (secondary N) is 2. The molecule has 1 amide bonds. The van der Waals surface area contributed by atoms with Gasteiger partial charge in [0, 0.05) is 17.3 Å². The lowest BCUT2D eigenvalue weighted by atomic mass is 10.2. The fourth-order valence-corrected chi connectivity index (χ4v) is 1.34. The highest BCUT2D eigenvalue weighted by Gasteiger charge is 2.06. The topological polar surface area (TPSA) is 62.0 Å². The van der Waals surface area contributed by atoms with Gasteiger partial charge in [0.05, 0.1) is 0 Å². The predicted octanol–water partition coefficient (Wildman–Crippen LogP) is 2.08. The van der Waals surface area contributed by atoms with Gasteiger partial charge in [-0.15, -0.1) is 0 Å². The second kappa shape index (κ2) is 4.44. The highest BCUT2D eigenvalue weighted by molar-refractivity contribution is 6.04. The molecule has 0 saturated heterocycles. The van der Waals surface area contributed by atoms with Crippen LogP contribution in [0.3, 0.4) is 0 Å². The minimum atomic E-state index is -0.208. The van der Waals surface area contributed by atoms with Gasteiger partial charge in [0.1, 0.15) is 5.82 Å². The molecule has 0 unspecified atom stereocenters. The molecule has 0 radical (unpaired) electrons. The van der Waals surface area contributed by atoms with Gasteiger partial charge in [-0.2, -0.15) is 0 Å². The molecule has 0 atom stereocenters. The average molecular weight is 214 g/mol. The van der Waals surface area contributed by atoms with Crippen LogP contribution in [0.15, 0.2) is 42.6 Å². The summed E-state index contributed by atoms with van der Waals surface area (Å²) < 4.78 is 0. The van der Waals surface area contributed by atoms with Crippen molar-refractivity contribution in [3.63, 3.8) is 0 Å². The van der Waals surface area contributed by atoms with Crippen LogP contribution in [0.25, 0.3) is 0 Å². The molecular formula is C12H10N2O2. The zero-order chi connectivity index (χ0) is 11.4. The normalized spacial score (nSPS) is 9.75. The fourth-order valence-electron chi connectivity index (χ4n) is 1.34. The largest absolute Gasteiger partial charge is 0.347 e. The molecule has 1 aromatic carbocycles. The van der Waals surface area contributed by atoms with Crippen molar-refractivity contribution >= 4 is 18.0 Å². The van der Waals surface area contributed by atoms with Gasteiger partial charge in [-0.25, -0.2) is 0 Å². The second-order valence-electron chi connectivity index (χ2n) is 3.28. The highest BCUT2D eigenvalue weighted by Crippen LogP contribution is 2.08. The average Bonchev–Trinajstić information content (AvgIpc) is 2.78. The number of carbonyl (C=O) groups excluding carboxylic acids is 2. The van der Waals surface area contributed by atoms with E-state index in [9.17, 15) is 9.59 Å². The SMILES string of the molecule is O=Cc1c[nH]c(NC(=O)c2ccccc2)c1. The summed E-state index contributed by atoms with van der Waals surface area (Å²) in [6.07, 6.45) is 2.25. The third-order valence-corrected chi connectivity index (χ3v) is 2.13. The molecule has 1 heterocycles. The highest BCUT2D eigenvalue weighted by atomic mass is 16.1. The lowest BCUT2D eigenvalue weighted by Crippen LogP contribution is -2.11. The van der Waals surface area contributed by atoms with E-state index in [-0.39, 0.29) is 5.91 Å². The van der Waals surface area contributed by atoms with Crippen molar-refractivity contribution in [2.24, 2.45) is 0 Å².